The van der Waals surface area contributed by atoms with Crippen LogP contribution in [0.3, 0.4) is 0 Å². The molecule has 1 heterocycles. The van der Waals surface area contributed by atoms with Crippen molar-refractivity contribution < 1.29 is 23.5 Å². The van der Waals surface area contributed by atoms with Crippen molar-refractivity contribution in [3.05, 3.63) is 65.4 Å². The van der Waals surface area contributed by atoms with Crippen LogP contribution in [0.25, 0.3) is 11.0 Å². The van der Waals surface area contributed by atoms with Crippen molar-refractivity contribution >= 4 is 22.8 Å². The minimum Gasteiger partial charge on any atom is -0.497 e. The Hall–Kier alpha value is -3.28. The van der Waals surface area contributed by atoms with Gasteiger partial charge in [0.25, 0.3) is 5.91 Å². The van der Waals surface area contributed by atoms with Crippen LogP contribution in [0.5, 0.6) is 5.75 Å². The van der Waals surface area contributed by atoms with Gasteiger partial charge in [0.1, 0.15) is 11.3 Å². The second-order valence-corrected chi connectivity index (χ2v) is 6.90. The number of rotatable bonds is 6. The quantitative estimate of drug-likeness (QED) is 0.657. The number of amides is 1. The molecule has 1 N–H and O–H groups in total. The molecule has 1 atom stereocenters. The lowest BCUT2D eigenvalue weighted by molar-refractivity contribution is -0.130. The summed E-state index contributed by atoms with van der Waals surface area (Å²) < 4.78 is 16.5. The SMILES string of the molecule is COc1ccc2oc(C(=O)O[C@@H](C(=O)NC3CC3)c3ccccc3)c(C)c2c1. The molecule has 1 saturated carbocycles. The van der Waals surface area contributed by atoms with Gasteiger partial charge in [0.15, 0.2) is 0 Å². The molecule has 1 aromatic heterocycles. The third kappa shape index (κ3) is 3.58. The number of aryl methyl sites for hydroxylation is 1. The number of benzene rings is 2. The molecular weight excluding hydrogens is 358 g/mol. The van der Waals surface area contributed by atoms with Crippen molar-refractivity contribution in [2.75, 3.05) is 7.11 Å². The highest BCUT2D eigenvalue weighted by atomic mass is 16.6. The minimum atomic E-state index is -1.03. The topological polar surface area (TPSA) is 77.8 Å². The summed E-state index contributed by atoms with van der Waals surface area (Å²) in [4.78, 5) is 25.5. The average Bonchev–Trinajstić information content (AvgIpc) is 3.47. The zero-order valence-electron chi connectivity index (χ0n) is 15.7. The molecule has 28 heavy (non-hydrogen) atoms. The molecule has 1 fully saturated rings. The highest BCUT2D eigenvalue weighted by Crippen LogP contribution is 2.31. The maximum Gasteiger partial charge on any atom is 0.375 e. The van der Waals surface area contributed by atoms with Crippen molar-refractivity contribution in [1.82, 2.24) is 5.32 Å². The zero-order chi connectivity index (χ0) is 19.7. The van der Waals surface area contributed by atoms with E-state index >= 15 is 0 Å². The van der Waals surface area contributed by atoms with E-state index in [1.165, 1.54) is 0 Å². The molecule has 1 aliphatic rings. The van der Waals surface area contributed by atoms with E-state index < -0.39 is 12.1 Å². The van der Waals surface area contributed by atoms with E-state index in [0.717, 1.165) is 18.2 Å². The number of carbonyl (C=O) groups is 2. The number of methoxy groups -OCH3 is 1. The maximum absolute atomic E-state index is 12.9. The largest absolute Gasteiger partial charge is 0.497 e. The molecule has 3 aromatic rings. The molecule has 4 rings (SSSR count). The molecule has 144 valence electrons. The molecule has 1 aliphatic carbocycles. The van der Waals surface area contributed by atoms with Crippen LogP contribution < -0.4 is 10.1 Å². The minimum absolute atomic E-state index is 0.0865. The molecule has 0 saturated heterocycles. The van der Waals surface area contributed by atoms with Crippen LogP contribution in [0.1, 0.15) is 40.6 Å². The molecule has 1 amide bonds. The highest BCUT2D eigenvalue weighted by molar-refractivity contribution is 5.97. The Labute approximate surface area is 162 Å². The van der Waals surface area contributed by atoms with Crippen LogP contribution in [-0.4, -0.2) is 25.0 Å². The van der Waals surface area contributed by atoms with Crippen LogP contribution in [0.4, 0.5) is 0 Å². The first-order valence-corrected chi connectivity index (χ1v) is 9.20. The van der Waals surface area contributed by atoms with Crippen molar-refractivity contribution in [3.63, 3.8) is 0 Å². The summed E-state index contributed by atoms with van der Waals surface area (Å²) in [6.07, 6.45) is 0.869. The first kappa shape index (κ1) is 18.1. The molecule has 0 bridgehead atoms. The monoisotopic (exact) mass is 379 g/mol. The smallest absolute Gasteiger partial charge is 0.375 e. The van der Waals surface area contributed by atoms with Gasteiger partial charge in [-0.2, -0.15) is 0 Å². The summed E-state index contributed by atoms with van der Waals surface area (Å²) in [5, 5.41) is 3.67. The number of hydrogen-bond acceptors (Lipinski definition) is 5. The zero-order valence-corrected chi connectivity index (χ0v) is 15.7. The normalized spacial score (nSPS) is 14.5. The number of fused-ring (bicyclic) bond motifs is 1. The molecule has 2 aromatic carbocycles. The van der Waals surface area contributed by atoms with Gasteiger partial charge in [0.2, 0.25) is 11.9 Å². The maximum atomic E-state index is 12.9. The van der Waals surface area contributed by atoms with E-state index in [4.69, 9.17) is 13.9 Å². The fourth-order valence-corrected chi connectivity index (χ4v) is 3.09. The van der Waals surface area contributed by atoms with Gasteiger partial charge in [0.05, 0.1) is 7.11 Å². The second-order valence-electron chi connectivity index (χ2n) is 6.90. The van der Waals surface area contributed by atoms with Crippen molar-refractivity contribution in [2.45, 2.75) is 31.9 Å². The average molecular weight is 379 g/mol. The molecular formula is C22H21NO5. The molecule has 0 spiro atoms. The van der Waals surface area contributed by atoms with Crippen LogP contribution in [0.15, 0.2) is 52.9 Å². The Morgan fingerprint density at radius 2 is 1.89 bits per heavy atom. The predicted molar refractivity (Wildman–Crippen MR) is 103 cm³/mol. The highest BCUT2D eigenvalue weighted by Gasteiger charge is 2.32. The van der Waals surface area contributed by atoms with E-state index in [9.17, 15) is 9.59 Å². The fraction of sp³-hybridized carbons (Fsp3) is 0.273. The molecule has 6 heteroatoms. The van der Waals surface area contributed by atoms with Gasteiger partial charge in [-0.05, 0) is 38.0 Å². The van der Waals surface area contributed by atoms with Gasteiger partial charge >= 0.3 is 5.97 Å². The Balaban J connectivity index is 1.63. The van der Waals surface area contributed by atoms with Crippen LogP contribution in [0, 0.1) is 6.92 Å². The summed E-state index contributed by atoms with van der Waals surface area (Å²) in [5.41, 5.74) is 1.82. The van der Waals surface area contributed by atoms with E-state index in [1.54, 1.807) is 56.5 Å². The lowest BCUT2D eigenvalue weighted by atomic mass is 10.1. The van der Waals surface area contributed by atoms with Gasteiger partial charge < -0.3 is 19.2 Å². The Morgan fingerprint density at radius 1 is 1.14 bits per heavy atom. The summed E-state index contributed by atoms with van der Waals surface area (Å²) in [5.74, 6) is -0.240. The van der Waals surface area contributed by atoms with Crippen molar-refractivity contribution in [3.8, 4) is 5.75 Å². The molecule has 0 aliphatic heterocycles. The van der Waals surface area contributed by atoms with E-state index in [1.807, 2.05) is 6.07 Å². The fourth-order valence-electron chi connectivity index (χ4n) is 3.09. The number of ether oxygens (including phenoxy) is 2. The Bertz CT molecular complexity index is 1020. The molecule has 6 nitrogen and oxygen atoms in total. The summed E-state index contributed by atoms with van der Waals surface area (Å²) >= 11 is 0. The van der Waals surface area contributed by atoms with E-state index in [-0.39, 0.29) is 17.7 Å². The van der Waals surface area contributed by atoms with Gasteiger partial charge in [-0.25, -0.2) is 4.79 Å². The standard InChI is InChI=1S/C22H21NO5/c1-13-17-12-16(26-2)10-11-18(17)27-19(13)22(25)28-20(14-6-4-3-5-7-14)21(24)23-15-8-9-15/h3-7,10-12,15,20H,8-9H2,1-2H3,(H,23,24)/t20-/m1/s1. The van der Waals surface area contributed by atoms with E-state index in [2.05, 4.69) is 5.32 Å². The van der Waals surface area contributed by atoms with Crippen LogP contribution in [-0.2, 0) is 9.53 Å². The van der Waals surface area contributed by atoms with E-state index in [0.29, 0.717) is 22.5 Å². The summed E-state index contributed by atoms with van der Waals surface area (Å²) in [7, 11) is 1.58. The number of furan rings is 1. The molecule has 0 radical (unpaired) electrons. The lowest BCUT2D eigenvalue weighted by Gasteiger charge is -2.17. The summed E-state index contributed by atoms with van der Waals surface area (Å²) in [6, 6.07) is 14.5. The van der Waals surface area contributed by atoms with Gasteiger partial charge in [-0.15, -0.1) is 0 Å². The third-order valence-corrected chi connectivity index (χ3v) is 4.82. The number of esters is 1. The van der Waals surface area contributed by atoms with Gasteiger partial charge in [-0.1, -0.05) is 30.3 Å². The predicted octanol–water partition coefficient (Wildman–Crippen LogP) is 3.93. The molecule has 0 unspecified atom stereocenters. The Morgan fingerprint density at radius 3 is 2.57 bits per heavy atom. The number of nitrogens with one attached hydrogen (secondary N) is 1. The number of hydrogen-bond donors (Lipinski definition) is 1. The van der Waals surface area contributed by atoms with Gasteiger partial charge in [-0.3, -0.25) is 4.79 Å². The third-order valence-electron chi connectivity index (χ3n) is 4.82. The summed E-state index contributed by atoms with van der Waals surface area (Å²) in [6.45, 7) is 1.78. The lowest BCUT2D eigenvalue weighted by Crippen LogP contribution is -2.33. The van der Waals surface area contributed by atoms with Crippen LogP contribution >= 0.6 is 0 Å². The first-order valence-electron chi connectivity index (χ1n) is 9.20. The Kier molecular flexibility index (Phi) is 4.77. The van der Waals surface area contributed by atoms with Crippen molar-refractivity contribution in [2.24, 2.45) is 0 Å². The second kappa shape index (κ2) is 7.38. The van der Waals surface area contributed by atoms with Gasteiger partial charge in [0, 0.05) is 22.6 Å². The van der Waals surface area contributed by atoms with Crippen LogP contribution in [0.2, 0.25) is 0 Å². The first-order chi connectivity index (χ1) is 13.6. The number of carbonyl (C=O) groups excluding carboxylic acids is 2. The van der Waals surface area contributed by atoms with Crippen molar-refractivity contribution in [1.29, 1.82) is 0 Å².